The summed E-state index contributed by atoms with van der Waals surface area (Å²) < 4.78 is 30.6. The molecule has 1 fully saturated rings. The lowest BCUT2D eigenvalue weighted by Crippen LogP contribution is -2.37. The van der Waals surface area contributed by atoms with Gasteiger partial charge in [0.05, 0.1) is 31.4 Å². The van der Waals surface area contributed by atoms with Crippen LogP contribution in [0.15, 0.2) is 56.7 Å². The second kappa shape index (κ2) is 12.1. The third-order valence-corrected chi connectivity index (χ3v) is 8.18. The van der Waals surface area contributed by atoms with E-state index >= 15 is 0 Å². The molecule has 1 aliphatic carbocycles. The average Bonchev–Trinajstić information content (AvgIpc) is 3.67. The van der Waals surface area contributed by atoms with Gasteiger partial charge in [0.1, 0.15) is 18.1 Å². The zero-order chi connectivity index (χ0) is 28.2. The van der Waals surface area contributed by atoms with E-state index in [-0.39, 0.29) is 30.0 Å². The molecule has 0 bridgehead atoms. The molecule has 9 nitrogen and oxygen atoms in total. The van der Waals surface area contributed by atoms with Crippen molar-refractivity contribution >= 4 is 29.1 Å². The summed E-state index contributed by atoms with van der Waals surface area (Å²) in [4.78, 5) is 38.9. The van der Waals surface area contributed by atoms with Crippen LogP contribution in [0.25, 0.3) is 0 Å². The fourth-order valence-corrected chi connectivity index (χ4v) is 5.98. The maximum Gasteiger partial charge on any atom is 0.338 e. The number of hydrogen-bond acceptors (Lipinski definition) is 10. The number of oxazole rings is 1. The standard InChI is InChI=1S/C29H31FN4O5S/c1-4-38-22(35)14-19-15-39-27(32-19)18-10-8-17(9-11-18)24-23(29(36)37-3)25(20-6-5-7-21(30)16(20)2)34-26(33-24)28-31-12-13-40-28/h5-7,12-13,15,17-18,25H,4,8-11,14H2,1-3H3,(H,33,34)/t17-,18-,25?. The Balaban J connectivity index is 1.44. The fraction of sp³-hybridized carbons (Fsp3) is 0.414. The summed E-state index contributed by atoms with van der Waals surface area (Å²) in [5, 5.41) is 5.95. The van der Waals surface area contributed by atoms with Gasteiger partial charge in [-0.05, 0) is 62.6 Å². The van der Waals surface area contributed by atoms with Crippen molar-refractivity contribution in [2.45, 2.75) is 57.9 Å². The summed E-state index contributed by atoms with van der Waals surface area (Å²) in [6.07, 6.45) is 6.34. The molecule has 1 aromatic carbocycles. The van der Waals surface area contributed by atoms with E-state index in [4.69, 9.17) is 18.9 Å². The summed E-state index contributed by atoms with van der Waals surface area (Å²) in [5.74, 6) is 0.0441. The van der Waals surface area contributed by atoms with Crippen LogP contribution in [0.3, 0.4) is 0 Å². The molecule has 1 saturated carbocycles. The predicted octanol–water partition coefficient (Wildman–Crippen LogP) is 5.18. The SMILES string of the molecule is CCOC(=O)Cc1coc([C@H]2CC[C@H](C3=C(C(=O)OC)C(c4cccc(F)c4C)N=C(c4nccs4)N3)CC2)n1. The number of aromatic nitrogens is 2. The van der Waals surface area contributed by atoms with Gasteiger partial charge in [-0.1, -0.05) is 12.1 Å². The lowest BCUT2D eigenvalue weighted by Gasteiger charge is -2.34. The Hall–Kier alpha value is -3.86. The smallest absolute Gasteiger partial charge is 0.338 e. The topological polar surface area (TPSA) is 116 Å². The van der Waals surface area contributed by atoms with Crippen molar-refractivity contribution in [3.63, 3.8) is 0 Å². The van der Waals surface area contributed by atoms with Crippen LogP contribution in [-0.2, 0) is 25.5 Å². The molecule has 0 radical (unpaired) electrons. The van der Waals surface area contributed by atoms with Gasteiger partial charge in [-0.15, -0.1) is 11.3 Å². The lowest BCUT2D eigenvalue weighted by molar-refractivity contribution is -0.142. The molecule has 0 amide bonds. The molecular formula is C29H31FN4O5S. The number of carbonyl (C=O) groups is 2. The molecule has 40 heavy (non-hydrogen) atoms. The molecular weight excluding hydrogens is 535 g/mol. The number of aliphatic imine (C=N–C) groups is 1. The first kappa shape index (κ1) is 27.7. The third-order valence-electron chi connectivity index (χ3n) is 7.40. The first-order chi connectivity index (χ1) is 19.4. The third kappa shape index (κ3) is 5.70. The molecule has 1 aliphatic heterocycles. The van der Waals surface area contributed by atoms with Crippen molar-refractivity contribution in [3.8, 4) is 0 Å². The highest BCUT2D eigenvalue weighted by atomic mass is 32.1. The number of methoxy groups -OCH3 is 1. The lowest BCUT2D eigenvalue weighted by atomic mass is 9.77. The van der Waals surface area contributed by atoms with Crippen molar-refractivity contribution in [1.82, 2.24) is 15.3 Å². The van der Waals surface area contributed by atoms with Gasteiger partial charge in [0.2, 0.25) is 0 Å². The number of esters is 2. The second-order valence-corrected chi connectivity index (χ2v) is 10.7. The summed E-state index contributed by atoms with van der Waals surface area (Å²) in [6, 6.07) is 4.08. The molecule has 1 N–H and O–H groups in total. The van der Waals surface area contributed by atoms with Crippen LogP contribution in [0, 0.1) is 18.7 Å². The minimum Gasteiger partial charge on any atom is -0.466 e. The highest BCUT2D eigenvalue weighted by Gasteiger charge is 2.38. The van der Waals surface area contributed by atoms with Gasteiger partial charge in [0.25, 0.3) is 0 Å². The molecule has 210 valence electrons. The van der Waals surface area contributed by atoms with Gasteiger partial charge < -0.3 is 19.2 Å². The molecule has 0 saturated heterocycles. The van der Waals surface area contributed by atoms with Crippen molar-refractivity contribution in [2.24, 2.45) is 10.9 Å². The van der Waals surface area contributed by atoms with E-state index in [1.54, 1.807) is 32.2 Å². The van der Waals surface area contributed by atoms with Crippen molar-refractivity contribution in [2.75, 3.05) is 13.7 Å². The van der Waals surface area contributed by atoms with E-state index in [0.717, 1.165) is 31.4 Å². The number of nitrogens with one attached hydrogen (secondary N) is 1. The number of halogens is 1. The van der Waals surface area contributed by atoms with Crippen molar-refractivity contribution in [1.29, 1.82) is 0 Å². The summed E-state index contributed by atoms with van der Waals surface area (Å²) >= 11 is 1.43. The van der Waals surface area contributed by atoms with Gasteiger partial charge >= 0.3 is 11.9 Å². The van der Waals surface area contributed by atoms with Gasteiger partial charge in [-0.3, -0.25) is 9.79 Å². The first-order valence-electron chi connectivity index (χ1n) is 13.3. The van der Waals surface area contributed by atoms with E-state index in [9.17, 15) is 14.0 Å². The second-order valence-electron chi connectivity index (χ2n) is 9.82. The Morgan fingerprint density at radius 3 is 2.67 bits per heavy atom. The number of ether oxygens (including phenoxy) is 2. The molecule has 1 atom stereocenters. The number of benzene rings is 1. The van der Waals surface area contributed by atoms with E-state index in [1.807, 2.05) is 5.38 Å². The Bertz CT molecular complexity index is 1440. The van der Waals surface area contributed by atoms with Gasteiger partial charge in [-0.2, -0.15) is 0 Å². The predicted molar refractivity (Wildman–Crippen MR) is 146 cm³/mol. The Morgan fingerprint density at radius 2 is 1.98 bits per heavy atom. The molecule has 0 spiro atoms. The van der Waals surface area contributed by atoms with Crippen LogP contribution in [0.5, 0.6) is 0 Å². The summed E-state index contributed by atoms with van der Waals surface area (Å²) in [7, 11) is 1.34. The monoisotopic (exact) mass is 566 g/mol. The number of thiazole rings is 1. The largest absolute Gasteiger partial charge is 0.466 e. The van der Waals surface area contributed by atoms with Crippen LogP contribution >= 0.6 is 11.3 Å². The molecule has 11 heteroatoms. The zero-order valence-corrected chi connectivity index (χ0v) is 23.4. The summed E-state index contributed by atoms with van der Waals surface area (Å²) in [6.45, 7) is 3.78. The van der Waals surface area contributed by atoms with Gasteiger partial charge in [-0.25, -0.2) is 19.2 Å². The number of hydrogen-bond donors (Lipinski definition) is 1. The molecule has 1 unspecified atom stereocenters. The number of carbonyl (C=O) groups excluding carboxylic acids is 2. The minimum absolute atomic E-state index is 0.00106. The Labute approximate surface area is 235 Å². The highest BCUT2D eigenvalue weighted by molar-refractivity contribution is 7.11. The Kier molecular flexibility index (Phi) is 8.39. The Morgan fingerprint density at radius 1 is 1.20 bits per heavy atom. The average molecular weight is 567 g/mol. The molecule has 2 aliphatic rings. The van der Waals surface area contributed by atoms with Crippen molar-refractivity contribution < 1.29 is 27.9 Å². The first-order valence-corrected chi connectivity index (χ1v) is 14.2. The quantitative estimate of drug-likeness (QED) is 0.371. The maximum atomic E-state index is 14.6. The van der Waals surface area contributed by atoms with E-state index in [1.165, 1.54) is 30.8 Å². The van der Waals surface area contributed by atoms with Crippen LogP contribution < -0.4 is 5.32 Å². The number of amidine groups is 1. The minimum atomic E-state index is -0.742. The summed E-state index contributed by atoms with van der Waals surface area (Å²) in [5.41, 5.74) is 2.71. The molecule has 2 aromatic heterocycles. The van der Waals surface area contributed by atoms with Gasteiger partial charge in [0.15, 0.2) is 16.7 Å². The van der Waals surface area contributed by atoms with E-state index < -0.39 is 12.0 Å². The molecule has 3 aromatic rings. The van der Waals surface area contributed by atoms with E-state index in [0.29, 0.717) is 45.7 Å². The van der Waals surface area contributed by atoms with Gasteiger partial charge in [0, 0.05) is 23.2 Å². The van der Waals surface area contributed by atoms with E-state index in [2.05, 4.69) is 15.3 Å². The van der Waals surface area contributed by atoms with Crippen LogP contribution in [0.1, 0.15) is 72.3 Å². The number of allylic oxidation sites excluding steroid dienone is 1. The fourth-order valence-electron chi connectivity index (χ4n) is 5.40. The molecule has 3 heterocycles. The number of rotatable bonds is 8. The van der Waals surface area contributed by atoms with Crippen molar-refractivity contribution in [3.05, 3.63) is 80.8 Å². The number of nitrogens with zero attached hydrogens (tertiary/aromatic N) is 3. The highest BCUT2D eigenvalue weighted by Crippen LogP contribution is 2.43. The zero-order valence-electron chi connectivity index (χ0n) is 22.6. The maximum absolute atomic E-state index is 14.6. The van der Waals surface area contributed by atoms with Crippen LogP contribution in [0.2, 0.25) is 0 Å². The normalized spacial score (nSPS) is 21.0. The van der Waals surface area contributed by atoms with Crippen LogP contribution in [-0.4, -0.2) is 41.5 Å². The molecule has 5 rings (SSSR count). The van der Waals surface area contributed by atoms with Crippen LogP contribution in [0.4, 0.5) is 4.39 Å².